The van der Waals surface area contributed by atoms with Gasteiger partial charge in [0.1, 0.15) is 11.0 Å². The van der Waals surface area contributed by atoms with Gasteiger partial charge in [0.25, 0.3) is 12.3 Å². The Bertz CT molecular complexity index is 1690. The van der Waals surface area contributed by atoms with Crippen LogP contribution in [0.2, 0.25) is 0 Å². The van der Waals surface area contributed by atoms with Gasteiger partial charge in [-0.25, -0.2) is 8.78 Å². The van der Waals surface area contributed by atoms with Gasteiger partial charge in [-0.3, -0.25) is 9.59 Å². The van der Waals surface area contributed by atoms with Crippen LogP contribution in [0.1, 0.15) is 60.0 Å². The van der Waals surface area contributed by atoms with Crippen molar-refractivity contribution in [3.05, 3.63) is 41.0 Å². The lowest BCUT2D eigenvalue weighted by Crippen LogP contribution is -2.40. The molecule has 2 aliphatic carbocycles. The van der Waals surface area contributed by atoms with E-state index in [-0.39, 0.29) is 48.4 Å². The van der Waals surface area contributed by atoms with Crippen LogP contribution in [0, 0.1) is 11.3 Å². The summed E-state index contributed by atoms with van der Waals surface area (Å²) in [7, 11) is 0. The van der Waals surface area contributed by atoms with Crippen LogP contribution in [0.5, 0.6) is 5.88 Å². The van der Waals surface area contributed by atoms with E-state index in [0.29, 0.717) is 6.07 Å². The van der Waals surface area contributed by atoms with Crippen LogP contribution < -0.4 is 20.7 Å². The van der Waals surface area contributed by atoms with Gasteiger partial charge < -0.3 is 25.7 Å². The average Bonchev–Trinajstić information content (AvgIpc) is 3.74. The molecule has 2 amide bonds. The molecule has 4 N–H and O–H groups in total. The van der Waals surface area contributed by atoms with Crippen molar-refractivity contribution >= 4 is 34.6 Å². The highest BCUT2D eigenvalue weighted by Crippen LogP contribution is 2.57. The number of nitrogens with one attached hydrogen (secondary N) is 4. The number of pyridine rings is 1. The van der Waals surface area contributed by atoms with Crippen LogP contribution in [0.4, 0.5) is 59.9 Å². The molecule has 0 radical (unpaired) electrons. The van der Waals surface area contributed by atoms with Crippen LogP contribution in [0.15, 0.2) is 24.3 Å². The number of ether oxygens (including phenoxy) is 1. The van der Waals surface area contributed by atoms with Crippen molar-refractivity contribution < 1.29 is 62.6 Å². The molecule has 2 fully saturated rings. The minimum absolute atomic E-state index is 0.00182. The number of halogens is 11. The Morgan fingerprint density at radius 1 is 0.959 bits per heavy atom. The van der Waals surface area contributed by atoms with Crippen LogP contribution >= 0.6 is 0 Å². The van der Waals surface area contributed by atoms with Gasteiger partial charge in [0.05, 0.1) is 22.7 Å². The van der Waals surface area contributed by atoms with Crippen molar-refractivity contribution in [2.45, 2.75) is 76.1 Å². The Balaban J connectivity index is 1.38. The summed E-state index contributed by atoms with van der Waals surface area (Å²) in [5.41, 5.74) is -5.14. The van der Waals surface area contributed by atoms with E-state index in [2.05, 4.69) is 30.9 Å². The quantitative estimate of drug-likeness (QED) is 0.165. The number of rotatable bonds is 10. The number of carbonyl (C=O) groups excluding carboxylic acids is 2. The molecule has 49 heavy (non-hydrogen) atoms. The normalized spacial score (nSPS) is 19.5. The van der Waals surface area contributed by atoms with Crippen molar-refractivity contribution in [1.29, 1.82) is 0 Å². The van der Waals surface area contributed by atoms with Crippen LogP contribution in [0.25, 0.3) is 11.2 Å². The van der Waals surface area contributed by atoms with E-state index in [0.717, 1.165) is 18.2 Å². The van der Waals surface area contributed by atoms with Crippen molar-refractivity contribution in [2.75, 3.05) is 11.9 Å². The van der Waals surface area contributed by atoms with E-state index in [1.165, 1.54) is 0 Å². The molecule has 0 atom stereocenters. The number of aromatic amines is 1. The largest absolute Gasteiger partial charge is 0.471 e. The van der Waals surface area contributed by atoms with Crippen LogP contribution in [-0.2, 0) is 17.5 Å². The van der Waals surface area contributed by atoms with E-state index >= 15 is 0 Å². The number of alkyl halides is 11. The fourth-order valence-corrected chi connectivity index (χ4v) is 5.52. The molecule has 2 aliphatic rings. The summed E-state index contributed by atoms with van der Waals surface area (Å²) < 4.78 is 151. The van der Waals surface area contributed by atoms with Gasteiger partial charge in [-0.05, 0) is 62.3 Å². The summed E-state index contributed by atoms with van der Waals surface area (Å²) in [6.07, 6.45) is -18.4. The molecule has 1 aromatic carbocycles. The van der Waals surface area contributed by atoms with E-state index < -0.39 is 103 Å². The molecule has 0 unspecified atom stereocenters. The zero-order valence-electron chi connectivity index (χ0n) is 25.0. The third-order valence-corrected chi connectivity index (χ3v) is 8.38. The predicted octanol–water partition coefficient (Wildman–Crippen LogP) is 7.17. The zero-order chi connectivity index (χ0) is 35.9. The van der Waals surface area contributed by atoms with E-state index in [1.807, 2.05) is 0 Å². The number of imidazole rings is 1. The molecule has 0 spiro atoms. The second kappa shape index (κ2) is 13.1. The summed E-state index contributed by atoms with van der Waals surface area (Å²) in [6.45, 7) is -1.74. The molecule has 3 aromatic rings. The van der Waals surface area contributed by atoms with Crippen molar-refractivity contribution in [2.24, 2.45) is 11.3 Å². The van der Waals surface area contributed by atoms with E-state index in [9.17, 15) is 57.9 Å². The monoisotopic (exact) mass is 716 g/mol. The van der Waals surface area contributed by atoms with Gasteiger partial charge in [-0.2, -0.15) is 49.5 Å². The Labute approximate surface area is 269 Å². The molecular formula is C29H27F11N6O3. The fourth-order valence-electron chi connectivity index (χ4n) is 5.52. The molecule has 2 saturated carbocycles. The second-order valence-corrected chi connectivity index (χ2v) is 11.8. The topological polar surface area (TPSA) is 121 Å². The third-order valence-electron chi connectivity index (χ3n) is 8.38. The molecule has 5 rings (SSSR count). The molecule has 268 valence electrons. The summed E-state index contributed by atoms with van der Waals surface area (Å²) >= 11 is 0. The lowest BCUT2D eigenvalue weighted by Gasteiger charge is -2.30. The maximum Gasteiger partial charge on any atom is 0.418 e. The van der Waals surface area contributed by atoms with Gasteiger partial charge >= 0.3 is 18.5 Å². The molecule has 20 heteroatoms. The number of fused-ring (bicyclic) bond motifs is 1. The molecule has 0 bridgehead atoms. The Hall–Kier alpha value is -4.39. The predicted molar refractivity (Wildman–Crippen MR) is 149 cm³/mol. The second-order valence-electron chi connectivity index (χ2n) is 11.8. The number of carbonyl (C=O) groups is 2. The average molecular weight is 717 g/mol. The molecule has 0 aliphatic heterocycles. The van der Waals surface area contributed by atoms with E-state index in [1.54, 1.807) is 0 Å². The highest BCUT2D eigenvalue weighted by Gasteiger charge is 2.68. The SMILES string of the molecule is O=C(NC1CCC(C(F)(F)F)CC1)c1cc2[nH]c(Nc3cc(CNC(=O)C4(C(F)(F)F)CC4)ccc3C(F)(F)F)nc2nc1OCC(F)F. The lowest BCUT2D eigenvalue weighted by atomic mass is 9.85. The Morgan fingerprint density at radius 2 is 1.63 bits per heavy atom. The van der Waals surface area contributed by atoms with Gasteiger partial charge in [0.2, 0.25) is 17.7 Å². The van der Waals surface area contributed by atoms with Gasteiger partial charge in [-0.1, -0.05) is 6.07 Å². The summed E-state index contributed by atoms with van der Waals surface area (Å²) in [6, 6.07) is 2.94. The molecule has 0 saturated heterocycles. The minimum Gasteiger partial charge on any atom is -0.471 e. The first kappa shape index (κ1) is 35.9. The lowest BCUT2D eigenvalue weighted by molar-refractivity contribution is -0.192. The van der Waals surface area contributed by atoms with E-state index in [4.69, 9.17) is 4.74 Å². The maximum absolute atomic E-state index is 13.9. The molecule has 9 nitrogen and oxygen atoms in total. The highest BCUT2D eigenvalue weighted by molar-refractivity contribution is 5.99. The third kappa shape index (κ3) is 8.09. The van der Waals surface area contributed by atoms with Crippen molar-refractivity contribution in [3.63, 3.8) is 0 Å². The number of aromatic nitrogens is 3. The number of nitrogens with zero attached hydrogens (tertiary/aromatic N) is 2. The minimum atomic E-state index is -4.93. The Morgan fingerprint density at radius 3 is 2.20 bits per heavy atom. The van der Waals surface area contributed by atoms with Crippen LogP contribution in [0.3, 0.4) is 0 Å². The standard InChI is InChI=1S/C29H27F11N6O3/c30-20(31)12-49-23-16(22(47)42-15-4-2-14(3-5-15)27(32,33)34)10-19-21(45-23)46-25(44-19)43-18-9-13(1-6-17(18)28(35,36)37)11-41-24(48)26(7-8-26)29(38,39)40/h1,6,9-10,14-15,20H,2-5,7-8,11-12H2,(H,41,48)(H,42,47)(H2,43,44,45,46). The zero-order valence-corrected chi connectivity index (χ0v) is 25.0. The number of hydrogen-bond donors (Lipinski definition) is 4. The number of H-pyrrole nitrogens is 1. The summed E-state index contributed by atoms with van der Waals surface area (Å²) in [5.74, 6) is -4.75. The number of amides is 2. The maximum atomic E-state index is 13.9. The van der Waals surface area contributed by atoms with Crippen LogP contribution in [-0.4, -0.2) is 58.2 Å². The van der Waals surface area contributed by atoms with Crippen molar-refractivity contribution in [1.82, 2.24) is 25.6 Å². The number of anilines is 2. The van der Waals surface area contributed by atoms with Gasteiger partial charge in [0, 0.05) is 12.6 Å². The number of benzene rings is 1. The summed E-state index contributed by atoms with van der Waals surface area (Å²) in [5, 5.41) is 7.03. The fraction of sp³-hybridized carbons (Fsp3) is 0.517. The Kier molecular flexibility index (Phi) is 9.63. The highest BCUT2D eigenvalue weighted by atomic mass is 19.4. The first-order valence-electron chi connectivity index (χ1n) is 14.8. The smallest absolute Gasteiger partial charge is 0.418 e. The summed E-state index contributed by atoms with van der Waals surface area (Å²) in [4.78, 5) is 35.9. The molecular weight excluding hydrogens is 689 g/mol. The molecule has 2 heterocycles. The first-order chi connectivity index (χ1) is 22.8. The van der Waals surface area contributed by atoms with Crippen molar-refractivity contribution in [3.8, 4) is 5.88 Å². The van der Waals surface area contributed by atoms with Gasteiger partial charge in [-0.15, -0.1) is 0 Å². The molecule has 2 aromatic heterocycles. The number of hydrogen-bond acceptors (Lipinski definition) is 6. The van der Waals surface area contributed by atoms with Gasteiger partial charge in [0.15, 0.2) is 12.3 Å². The first-order valence-corrected chi connectivity index (χ1v) is 14.8.